The number of rotatable bonds is 15. The van der Waals surface area contributed by atoms with E-state index in [1.54, 1.807) is 0 Å². The van der Waals surface area contributed by atoms with Gasteiger partial charge in [0.1, 0.15) is 0 Å². The number of aliphatic carboxylic acids is 1. The highest BCUT2D eigenvalue weighted by Gasteiger charge is 1.95. The molecular weight excluding hydrogens is 280 g/mol. The van der Waals surface area contributed by atoms with Crippen LogP contribution < -0.4 is 0 Å². The number of allylic oxidation sites excluding steroid dienone is 2. The maximum Gasteiger partial charge on any atom is 0.303 e. The Morgan fingerprint density at radius 2 is 1.19 bits per heavy atom. The van der Waals surface area contributed by atoms with E-state index >= 15 is 0 Å². The van der Waals surface area contributed by atoms with Crippen LogP contribution in [0.25, 0.3) is 0 Å². The lowest BCUT2D eigenvalue weighted by atomic mass is 10.1. The van der Waals surface area contributed by atoms with Crippen molar-refractivity contribution < 1.29 is 9.90 Å². The van der Waals surface area contributed by atoms with Crippen molar-refractivity contribution in [2.24, 2.45) is 0 Å². The fourth-order valence-electron chi connectivity index (χ4n) is 2.35. The first kappa shape index (κ1) is 22.8. The van der Waals surface area contributed by atoms with Crippen molar-refractivity contribution in [3.63, 3.8) is 0 Å². The van der Waals surface area contributed by atoms with Gasteiger partial charge in [0.2, 0.25) is 0 Å². The predicted octanol–water partition coefficient (Wildman–Crippen LogP) is 6.76. The van der Waals surface area contributed by atoms with E-state index in [0.717, 1.165) is 12.8 Å². The topological polar surface area (TPSA) is 37.3 Å². The van der Waals surface area contributed by atoms with Gasteiger partial charge in [-0.05, 0) is 32.1 Å². The molecule has 0 aliphatic heterocycles. The predicted molar refractivity (Wildman–Crippen MR) is 94.7 cm³/mol. The molecule has 0 atom stereocenters. The number of carboxylic acids is 1. The monoisotopic (exact) mass is 314 g/mol. The van der Waals surface area contributed by atoms with Crippen molar-refractivity contribution in [2.45, 2.75) is 96.8 Å². The van der Waals surface area contributed by atoms with E-state index < -0.39 is 5.97 Å². The highest BCUT2D eigenvalue weighted by Crippen LogP contribution is 2.09. The van der Waals surface area contributed by atoms with Crippen molar-refractivity contribution in [2.75, 3.05) is 0 Å². The summed E-state index contributed by atoms with van der Waals surface area (Å²) in [7, 11) is 0. The summed E-state index contributed by atoms with van der Waals surface area (Å²) in [6.07, 6.45) is 21.2. The van der Waals surface area contributed by atoms with E-state index in [-0.39, 0.29) is 13.5 Å². The zero-order valence-corrected chi connectivity index (χ0v) is 14.6. The van der Waals surface area contributed by atoms with Crippen molar-refractivity contribution >= 4 is 19.5 Å². The molecule has 0 aliphatic rings. The molecule has 0 aliphatic carbocycles. The molecule has 0 bridgehead atoms. The molecule has 124 valence electrons. The minimum atomic E-state index is -0.664. The lowest BCUT2D eigenvalue weighted by molar-refractivity contribution is -0.137. The largest absolute Gasteiger partial charge is 0.481 e. The molecule has 3 heteroatoms. The van der Waals surface area contributed by atoms with Gasteiger partial charge < -0.3 is 5.11 Å². The van der Waals surface area contributed by atoms with Gasteiger partial charge >= 0.3 is 5.97 Å². The number of hydrogen-bond donors (Lipinski definition) is 1. The van der Waals surface area contributed by atoms with Crippen LogP contribution in [0.4, 0.5) is 0 Å². The third-order valence-electron chi connectivity index (χ3n) is 3.65. The van der Waals surface area contributed by atoms with Crippen LogP contribution in [0.15, 0.2) is 12.2 Å². The number of unbranched alkanes of at least 4 members (excludes halogenated alkanes) is 11. The fraction of sp³-hybridized carbons (Fsp3) is 0.833. The molecule has 2 radical (unpaired) electrons. The van der Waals surface area contributed by atoms with Gasteiger partial charge in [-0.3, -0.25) is 4.79 Å². The average Bonchev–Trinajstić information content (AvgIpc) is 2.43. The molecule has 0 spiro atoms. The molecule has 0 aromatic rings. The molecule has 21 heavy (non-hydrogen) atoms. The Kier molecular flexibility index (Phi) is 21.3. The highest BCUT2D eigenvalue weighted by atomic mass is 32.1. The minimum absolute atomic E-state index is 0. The summed E-state index contributed by atoms with van der Waals surface area (Å²) in [5, 5.41) is 8.51. The molecule has 0 rings (SSSR count). The van der Waals surface area contributed by atoms with Gasteiger partial charge in [0.15, 0.2) is 0 Å². The van der Waals surface area contributed by atoms with Crippen LogP contribution in [0.2, 0.25) is 0 Å². The Balaban J connectivity index is 0. The molecule has 0 saturated heterocycles. The smallest absolute Gasteiger partial charge is 0.303 e. The molecule has 0 amide bonds. The Morgan fingerprint density at radius 1 is 0.762 bits per heavy atom. The molecule has 0 fully saturated rings. The summed E-state index contributed by atoms with van der Waals surface area (Å²) in [5.74, 6) is -0.664. The lowest BCUT2D eigenvalue weighted by Gasteiger charge is -1.99. The van der Waals surface area contributed by atoms with Crippen LogP contribution >= 0.6 is 13.5 Å². The quantitative estimate of drug-likeness (QED) is 0.268. The summed E-state index contributed by atoms with van der Waals surface area (Å²) in [5.41, 5.74) is 0. The molecule has 2 nitrogen and oxygen atoms in total. The molecule has 0 aromatic heterocycles. The van der Waals surface area contributed by atoms with E-state index in [4.69, 9.17) is 5.11 Å². The molecular formula is C18H34O2S. The second-order valence-corrected chi connectivity index (χ2v) is 5.73. The number of hydrogen-bond acceptors (Lipinski definition) is 1. The van der Waals surface area contributed by atoms with Gasteiger partial charge in [-0.25, -0.2) is 0 Å². The molecule has 1 N–H and O–H groups in total. The van der Waals surface area contributed by atoms with E-state index in [1.165, 1.54) is 70.6 Å². The second-order valence-electron chi connectivity index (χ2n) is 5.73. The Labute approximate surface area is 138 Å². The SMILES string of the molecule is CCCCCCCC/C=C\CCCCCCCC(=O)O.[S]. The Morgan fingerprint density at radius 3 is 1.67 bits per heavy atom. The average molecular weight is 315 g/mol. The summed E-state index contributed by atoms with van der Waals surface area (Å²) in [6.45, 7) is 2.26. The summed E-state index contributed by atoms with van der Waals surface area (Å²) < 4.78 is 0. The van der Waals surface area contributed by atoms with Crippen molar-refractivity contribution in [1.29, 1.82) is 0 Å². The third-order valence-corrected chi connectivity index (χ3v) is 3.65. The van der Waals surface area contributed by atoms with Gasteiger partial charge in [-0.15, -0.1) is 0 Å². The van der Waals surface area contributed by atoms with E-state index in [2.05, 4.69) is 19.1 Å². The first-order valence-corrected chi connectivity index (χ1v) is 8.64. The van der Waals surface area contributed by atoms with Crippen LogP contribution in [-0.4, -0.2) is 11.1 Å². The standard InChI is InChI=1S/C18H34O2.S/c1-2-3-4-5-6-7-8-9-10-11-12-13-14-15-16-17-18(19)20;/h9-10H,2-8,11-17H2,1H3,(H,19,20);/b10-9-;. The summed E-state index contributed by atoms with van der Waals surface area (Å²) in [4.78, 5) is 10.3. The zero-order chi connectivity index (χ0) is 14.9. The lowest BCUT2D eigenvalue weighted by Crippen LogP contribution is -1.93. The zero-order valence-electron chi connectivity index (χ0n) is 13.8. The molecule has 0 saturated carbocycles. The normalized spacial score (nSPS) is 10.7. The van der Waals surface area contributed by atoms with Crippen LogP contribution in [0, 0.1) is 0 Å². The minimum Gasteiger partial charge on any atom is -0.481 e. The van der Waals surface area contributed by atoms with Crippen molar-refractivity contribution in [3.8, 4) is 0 Å². The van der Waals surface area contributed by atoms with Crippen LogP contribution in [-0.2, 0) is 4.79 Å². The second kappa shape index (κ2) is 19.6. The first-order valence-electron chi connectivity index (χ1n) is 8.64. The first-order chi connectivity index (χ1) is 9.77. The van der Waals surface area contributed by atoms with Gasteiger partial charge in [-0.1, -0.05) is 70.4 Å². The van der Waals surface area contributed by atoms with E-state index in [0.29, 0.717) is 6.42 Å². The maximum absolute atomic E-state index is 10.3. The van der Waals surface area contributed by atoms with Gasteiger partial charge in [0.25, 0.3) is 0 Å². The summed E-state index contributed by atoms with van der Waals surface area (Å²) in [6, 6.07) is 0. The maximum atomic E-state index is 10.3. The third kappa shape index (κ3) is 22.0. The summed E-state index contributed by atoms with van der Waals surface area (Å²) >= 11 is 0. The molecule has 0 unspecified atom stereocenters. The van der Waals surface area contributed by atoms with E-state index in [1.807, 2.05) is 0 Å². The number of carbonyl (C=O) groups is 1. The highest BCUT2D eigenvalue weighted by molar-refractivity contribution is 7.59. The van der Waals surface area contributed by atoms with Crippen LogP contribution in [0.5, 0.6) is 0 Å². The van der Waals surface area contributed by atoms with Gasteiger partial charge in [0, 0.05) is 19.9 Å². The van der Waals surface area contributed by atoms with Crippen LogP contribution in [0.3, 0.4) is 0 Å². The van der Waals surface area contributed by atoms with Crippen molar-refractivity contribution in [3.05, 3.63) is 12.2 Å². The molecule has 0 heterocycles. The van der Waals surface area contributed by atoms with E-state index in [9.17, 15) is 4.79 Å². The Bertz CT molecular complexity index is 239. The van der Waals surface area contributed by atoms with Crippen LogP contribution in [0.1, 0.15) is 96.8 Å². The Hall–Kier alpha value is -0.440. The number of carboxylic acid groups (broad SMARTS) is 1. The molecule has 0 aromatic carbocycles. The fourth-order valence-corrected chi connectivity index (χ4v) is 2.35. The van der Waals surface area contributed by atoms with Crippen molar-refractivity contribution in [1.82, 2.24) is 0 Å². The van der Waals surface area contributed by atoms with Gasteiger partial charge in [-0.2, -0.15) is 0 Å². The van der Waals surface area contributed by atoms with Gasteiger partial charge in [0.05, 0.1) is 0 Å².